The van der Waals surface area contributed by atoms with Crippen LogP contribution in [0.2, 0.25) is 0 Å². The molecular weight excluding hydrogens is 200 g/mol. The molecule has 16 heavy (non-hydrogen) atoms. The van der Waals surface area contributed by atoms with Crippen molar-refractivity contribution in [2.75, 3.05) is 6.54 Å². The lowest BCUT2D eigenvalue weighted by molar-refractivity contribution is 0.0636. The van der Waals surface area contributed by atoms with Crippen molar-refractivity contribution >= 4 is 0 Å². The molecule has 1 N–H and O–H groups in total. The van der Waals surface area contributed by atoms with E-state index in [1.807, 2.05) is 26.1 Å². The van der Waals surface area contributed by atoms with Crippen LogP contribution in [0.4, 0.5) is 0 Å². The molecule has 0 aliphatic carbocycles. The minimum absolute atomic E-state index is 0.257. The number of rotatable bonds is 7. The average molecular weight is 222 g/mol. The van der Waals surface area contributed by atoms with Gasteiger partial charge in [-0.15, -0.1) is 0 Å². The SMILES string of the molecule is CCCNCc1ccc(COC(C)C)nc1. The fourth-order valence-corrected chi connectivity index (χ4v) is 1.31. The van der Waals surface area contributed by atoms with Crippen LogP contribution in [0.1, 0.15) is 38.4 Å². The van der Waals surface area contributed by atoms with Gasteiger partial charge < -0.3 is 10.1 Å². The summed E-state index contributed by atoms with van der Waals surface area (Å²) in [4.78, 5) is 4.36. The third-order valence-electron chi connectivity index (χ3n) is 2.21. The summed E-state index contributed by atoms with van der Waals surface area (Å²) in [6.07, 6.45) is 3.34. The van der Waals surface area contributed by atoms with Crippen molar-refractivity contribution in [3.05, 3.63) is 29.6 Å². The quantitative estimate of drug-likeness (QED) is 0.720. The van der Waals surface area contributed by atoms with Crippen molar-refractivity contribution in [1.82, 2.24) is 10.3 Å². The molecule has 0 fully saturated rings. The van der Waals surface area contributed by atoms with Crippen LogP contribution in [0.15, 0.2) is 18.3 Å². The summed E-state index contributed by atoms with van der Waals surface area (Å²) in [5, 5.41) is 3.35. The summed E-state index contributed by atoms with van der Waals surface area (Å²) in [7, 11) is 0. The number of hydrogen-bond acceptors (Lipinski definition) is 3. The lowest BCUT2D eigenvalue weighted by Crippen LogP contribution is -2.14. The summed E-state index contributed by atoms with van der Waals surface area (Å²) < 4.78 is 5.49. The predicted octanol–water partition coefficient (Wildman–Crippen LogP) is 2.51. The number of hydrogen-bond donors (Lipinski definition) is 1. The Balaban J connectivity index is 2.35. The van der Waals surface area contributed by atoms with Gasteiger partial charge in [-0.3, -0.25) is 4.98 Å². The molecule has 0 unspecified atom stereocenters. The summed E-state index contributed by atoms with van der Waals surface area (Å²) in [5.74, 6) is 0. The van der Waals surface area contributed by atoms with E-state index in [9.17, 15) is 0 Å². The van der Waals surface area contributed by atoms with Crippen molar-refractivity contribution in [1.29, 1.82) is 0 Å². The Kier molecular flexibility index (Phi) is 6.04. The van der Waals surface area contributed by atoms with Crippen molar-refractivity contribution in [2.45, 2.75) is 46.4 Å². The van der Waals surface area contributed by atoms with Gasteiger partial charge in [0.1, 0.15) is 0 Å². The van der Waals surface area contributed by atoms with Gasteiger partial charge in [0, 0.05) is 12.7 Å². The first-order valence-electron chi connectivity index (χ1n) is 5.98. The highest BCUT2D eigenvalue weighted by atomic mass is 16.5. The lowest BCUT2D eigenvalue weighted by atomic mass is 10.2. The fraction of sp³-hybridized carbons (Fsp3) is 0.615. The monoisotopic (exact) mass is 222 g/mol. The molecule has 3 heteroatoms. The smallest absolute Gasteiger partial charge is 0.0891 e. The molecule has 0 radical (unpaired) electrons. The Bertz CT molecular complexity index is 282. The van der Waals surface area contributed by atoms with Gasteiger partial charge in [0.05, 0.1) is 18.4 Å². The van der Waals surface area contributed by atoms with E-state index >= 15 is 0 Å². The van der Waals surface area contributed by atoms with Crippen LogP contribution in [0.5, 0.6) is 0 Å². The molecule has 0 amide bonds. The van der Waals surface area contributed by atoms with Crippen LogP contribution < -0.4 is 5.32 Å². The Hall–Kier alpha value is -0.930. The summed E-state index contributed by atoms with van der Waals surface area (Å²) in [6.45, 7) is 8.77. The van der Waals surface area contributed by atoms with Gasteiger partial charge in [0.2, 0.25) is 0 Å². The van der Waals surface area contributed by atoms with E-state index in [4.69, 9.17) is 4.74 Å². The molecule has 0 bridgehead atoms. The number of nitrogens with one attached hydrogen (secondary N) is 1. The molecule has 0 aromatic carbocycles. The summed E-state index contributed by atoms with van der Waals surface area (Å²) in [5.41, 5.74) is 2.22. The van der Waals surface area contributed by atoms with Gasteiger partial charge >= 0.3 is 0 Å². The maximum atomic E-state index is 5.49. The first-order chi connectivity index (χ1) is 7.72. The average Bonchev–Trinajstić information content (AvgIpc) is 2.28. The molecule has 0 saturated carbocycles. The molecule has 0 aliphatic rings. The molecule has 0 saturated heterocycles. The molecule has 0 aliphatic heterocycles. The fourth-order valence-electron chi connectivity index (χ4n) is 1.31. The van der Waals surface area contributed by atoms with Crippen molar-refractivity contribution in [3.8, 4) is 0 Å². The highest BCUT2D eigenvalue weighted by Gasteiger charge is 1.98. The van der Waals surface area contributed by atoms with Gasteiger partial charge in [0.15, 0.2) is 0 Å². The molecular formula is C13H22N2O. The molecule has 3 nitrogen and oxygen atoms in total. The molecule has 1 aromatic heterocycles. The Morgan fingerprint density at radius 2 is 2.19 bits per heavy atom. The van der Waals surface area contributed by atoms with Gasteiger partial charge in [-0.2, -0.15) is 0 Å². The first-order valence-corrected chi connectivity index (χ1v) is 5.98. The zero-order chi connectivity index (χ0) is 11.8. The second-order valence-corrected chi connectivity index (χ2v) is 4.19. The van der Waals surface area contributed by atoms with Crippen LogP contribution >= 0.6 is 0 Å². The van der Waals surface area contributed by atoms with Gasteiger partial charge in [-0.1, -0.05) is 13.0 Å². The zero-order valence-electron chi connectivity index (χ0n) is 10.5. The largest absolute Gasteiger partial charge is 0.373 e. The van der Waals surface area contributed by atoms with Crippen LogP contribution in [0.25, 0.3) is 0 Å². The predicted molar refractivity (Wildman–Crippen MR) is 66.2 cm³/mol. The van der Waals surface area contributed by atoms with E-state index in [0.717, 1.165) is 25.2 Å². The number of pyridine rings is 1. The molecule has 90 valence electrons. The van der Waals surface area contributed by atoms with Gasteiger partial charge in [-0.25, -0.2) is 0 Å². The van der Waals surface area contributed by atoms with Crippen LogP contribution in [0, 0.1) is 0 Å². The maximum Gasteiger partial charge on any atom is 0.0891 e. The van der Waals surface area contributed by atoms with Crippen molar-refractivity contribution in [2.24, 2.45) is 0 Å². The van der Waals surface area contributed by atoms with E-state index in [1.54, 1.807) is 0 Å². The van der Waals surface area contributed by atoms with E-state index in [2.05, 4.69) is 23.3 Å². The Morgan fingerprint density at radius 3 is 2.75 bits per heavy atom. The molecule has 0 atom stereocenters. The normalized spacial score (nSPS) is 11.0. The first kappa shape index (κ1) is 13.1. The molecule has 1 rings (SSSR count). The molecule has 0 spiro atoms. The Morgan fingerprint density at radius 1 is 1.38 bits per heavy atom. The highest BCUT2D eigenvalue weighted by molar-refractivity contribution is 5.13. The van der Waals surface area contributed by atoms with Gasteiger partial charge in [-0.05, 0) is 38.4 Å². The zero-order valence-corrected chi connectivity index (χ0v) is 10.5. The van der Waals surface area contributed by atoms with Crippen LogP contribution in [-0.2, 0) is 17.9 Å². The van der Waals surface area contributed by atoms with E-state index in [1.165, 1.54) is 5.56 Å². The molecule has 1 aromatic rings. The van der Waals surface area contributed by atoms with Crippen molar-refractivity contribution < 1.29 is 4.74 Å². The summed E-state index contributed by atoms with van der Waals surface area (Å²) in [6, 6.07) is 4.14. The number of ether oxygens (including phenoxy) is 1. The third kappa shape index (κ3) is 5.24. The minimum Gasteiger partial charge on any atom is -0.373 e. The number of aromatic nitrogens is 1. The second kappa shape index (κ2) is 7.36. The second-order valence-electron chi connectivity index (χ2n) is 4.19. The van der Waals surface area contributed by atoms with E-state index < -0.39 is 0 Å². The van der Waals surface area contributed by atoms with E-state index in [-0.39, 0.29) is 6.10 Å². The van der Waals surface area contributed by atoms with Gasteiger partial charge in [0.25, 0.3) is 0 Å². The van der Waals surface area contributed by atoms with Crippen LogP contribution in [0.3, 0.4) is 0 Å². The topological polar surface area (TPSA) is 34.1 Å². The van der Waals surface area contributed by atoms with E-state index in [0.29, 0.717) is 6.61 Å². The molecule has 1 heterocycles. The minimum atomic E-state index is 0.257. The number of nitrogens with zero attached hydrogens (tertiary/aromatic N) is 1. The van der Waals surface area contributed by atoms with Crippen LogP contribution in [-0.4, -0.2) is 17.6 Å². The highest BCUT2D eigenvalue weighted by Crippen LogP contribution is 2.03. The van der Waals surface area contributed by atoms with Crippen molar-refractivity contribution in [3.63, 3.8) is 0 Å². The standard InChI is InChI=1S/C13H22N2O/c1-4-7-14-8-12-5-6-13(15-9-12)10-16-11(2)3/h5-6,9,11,14H,4,7-8,10H2,1-3H3. The maximum absolute atomic E-state index is 5.49. The Labute approximate surface area is 98.2 Å². The third-order valence-corrected chi connectivity index (χ3v) is 2.21. The summed E-state index contributed by atoms with van der Waals surface area (Å²) >= 11 is 0. The lowest BCUT2D eigenvalue weighted by Gasteiger charge is -2.07.